The third-order valence-electron chi connectivity index (χ3n) is 5.47. The van der Waals surface area contributed by atoms with Crippen LogP contribution in [0, 0.1) is 0 Å². The van der Waals surface area contributed by atoms with E-state index >= 15 is 0 Å². The largest absolute Gasteiger partial charge is 0.335 e. The SMILES string of the molecule is CCc1nccn1[C@@H]1CCCN(C(=O)N[C@@H]2C[C@H]2c2ccccc2)C1. The number of piperidine rings is 1. The first-order chi connectivity index (χ1) is 12.3. The van der Waals surface area contributed by atoms with Crippen LogP contribution in [0.3, 0.4) is 0 Å². The molecule has 1 saturated carbocycles. The van der Waals surface area contributed by atoms with Crippen LogP contribution in [-0.4, -0.2) is 39.6 Å². The number of hydrogen-bond donors (Lipinski definition) is 1. The van der Waals surface area contributed by atoms with Crippen LogP contribution in [0.4, 0.5) is 4.79 Å². The minimum absolute atomic E-state index is 0.0892. The van der Waals surface area contributed by atoms with Gasteiger partial charge in [-0.05, 0) is 24.8 Å². The number of urea groups is 1. The molecule has 2 aliphatic rings. The molecule has 2 fully saturated rings. The van der Waals surface area contributed by atoms with Gasteiger partial charge in [-0.2, -0.15) is 0 Å². The van der Waals surface area contributed by atoms with Gasteiger partial charge >= 0.3 is 6.03 Å². The van der Waals surface area contributed by atoms with Crippen LogP contribution in [0.5, 0.6) is 0 Å². The number of likely N-dealkylation sites (tertiary alicyclic amines) is 1. The summed E-state index contributed by atoms with van der Waals surface area (Å²) in [4.78, 5) is 19.1. The van der Waals surface area contributed by atoms with Crippen molar-refractivity contribution in [1.29, 1.82) is 0 Å². The maximum absolute atomic E-state index is 12.7. The molecule has 25 heavy (non-hydrogen) atoms. The lowest BCUT2D eigenvalue weighted by molar-refractivity contribution is 0.165. The fourth-order valence-corrected chi connectivity index (χ4v) is 3.99. The van der Waals surface area contributed by atoms with Crippen LogP contribution in [0.2, 0.25) is 0 Å². The smallest absolute Gasteiger partial charge is 0.317 e. The predicted octanol–water partition coefficient (Wildman–Crippen LogP) is 3.35. The summed E-state index contributed by atoms with van der Waals surface area (Å²) in [5.74, 6) is 1.59. The van der Waals surface area contributed by atoms with Crippen LogP contribution in [0.25, 0.3) is 0 Å². The fourth-order valence-electron chi connectivity index (χ4n) is 3.99. The molecule has 0 spiro atoms. The molecule has 3 atom stereocenters. The Bertz CT molecular complexity index is 726. The average Bonchev–Trinajstić information content (AvgIpc) is 3.26. The molecule has 0 bridgehead atoms. The molecule has 2 heterocycles. The van der Waals surface area contributed by atoms with Crippen LogP contribution >= 0.6 is 0 Å². The van der Waals surface area contributed by atoms with Crippen molar-refractivity contribution in [3.05, 3.63) is 54.1 Å². The number of hydrogen-bond acceptors (Lipinski definition) is 2. The maximum atomic E-state index is 12.7. The highest BCUT2D eigenvalue weighted by atomic mass is 16.2. The minimum atomic E-state index is 0.0892. The normalized spacial score (nSPS) is 25.6. The monoisotopic (exact) mass is 338 g/mol. The van der Waals surface area contributed by atoms with Crippen molar-refractivity contribution >= 4 is 6.03 Å². The maximum Gasteiger partial charge on any atom is 0.317 e. The average molecular weight is 338 g/mol. The number of imidazole rings is 1. The molecule has 132 valence electrons. The lowest BCUT2D eigenvalue weighted by Crippen LogP contribution is -2.46. The Balaban J connectivity index is 1.35. The molecular formula is C20H26N4O. The molecule has 2 amide bonds. The molecule has 2 aromatic rings. The lowest BCUT2D eigenvalue weighted by atomic mass is 10.1. The summed E-state index contributed by atoms with van der Waals surface area (Å²) >= 11 is 0. The summed E-state index contributed by atoms with van der Waals surface area (Å²) in [5.41, 5.74) is 1.33. The summed E-state index contributed by atoms with van der Waals surface area (Å²) in [7, 11) is 0. The van der Waals surface area contributed by atoms with Crippen LogP contribution in [-0.2, 0) is 6.42 Å². The highest BCUT2D eigenvalue weighted by Gasteiger charge is 2.40. The summed E-state index contributed by atoms with van der Waals surface area (Å²) in [6.07, 6.45) is 8.06. The highest BCUT2D eigenvalue weighted by molar-refractivity contribution is 5.75. The zero-order valence-electron chi connectivity index (χ0n) is 14.8. The van der Waals surface area contributed by atoms with E-state index in [4.69, 9.17) is 0 Å². The van der Waals surface area contributed by atoms with Gasteiger partial charge in [0.2, 0.25) is 0 Å². The number of rotatable bonds is 4. The third kappa shape index (κ3) is 3.41. The number of aryl methyl sites for hydroxylation is 1. The Kier molecular flexibility index (Phi) is 4.47. The lowest BCUT2D eigenvalue weighted by Gasteiger charge is -2.34. The number of benzene rings is 1. The zero-order valence-corrected chi connectivity index (χ0v) is 14.8. The van der Waals surface area contributed by atoms with Crippen molar-refractivity contribution in [2.75, 3.05) is 13.1 Å². The molecule has 1 saturated heterocycles. The highest BCUT2D eigenvalue weighted by Crippen LogP contribution is 2.40. The zero-order chi connectivity index (χ0) is 17.2. The molecular weight excluding hydrogens is 312 g/mol. The predicted molar refractivity (Wildman–Crippen MR) is 97.6 cm³/mol. The third-order valence-corrected chi connectivity index (χ3v) is 5.47. The van der Waals surface area contributed by atoms with Gasteiger partial charge in [0, 0.05) is 43.9 Å². The van der Waals surface area contributed by atoms with Crippen molar-refractivity contribution in [3.8, 4) is 0 Å². The van der Waals surface area contributed by atoms with Gasteiger partial charge in [-0.3, -0.25) is 0 Å². The van der Waals surface area contributed by atoms with Crippen LogP contribution in [0.15, 0.2) is 42.7 Å². The molecule has 5 heteroatoms. The van der Waals surface area contributed by atoms with Crippen LogP contribution < -0.4 is 5.32 Å². The Hall–Kier alpha value is -2.30. The summed E-state index contributed by atoms with van der Waals surface area (Å²) < 4.78 is 2.25. The summed E-state index contributed by atoms with van der Waals surface area (Å²) in [6, 6.07) is 11.2. The number of amides is 2. The number of nitrogens with zero attached hydrogens (tertiary/aromatic N) is 3. The first kappa shape index (κ1) is 16.2. The topological polar surface area (TPSA) is 50.2 Å². The van der Waals surface area contributed by atoms with Gasteiger partial charge in [0.15, 0.2) is 0 Å². The van der Waals surface area contributed by atoms with E-state index in [9.17, 15) is 4.79 Å². The number of carbonyl (C=O) groups excluding carboxylic acids is 1. The Labute approximate surface area is 149 Å². The van der Waals surface area contributed by atoms with Gasteiger partial charge in [-0.15, -0.1) is 0 Å². The quantitative estimate of drug-likeness (QED) is 0.929. The number of nitrogens with one attached hydrogen (secondary N) is 1. The van der Waals surface area contributed by atoms with E-state index in [1.165, 1.54) is 5.56 Å². The van der Waals surface area contributed by atoms with Gasteiger partial charge in [0.25, 0.3) is 0 Å². The Morgan fingerprint density at radius 1 is 1.32 bits per heavy atom. The van der Waals surface area contributed by atoms with E-state index < -0.39 is 0 Å². The molecule has 0 radical (unpaired) electrons. The molecule has 1 aromatic heterocycles. The van der Waals surface area contributed by atoms with Gasteiger partial charge in [0.05, 0.1) is 6.04 Å². The molecule has 1 N–H and O–H groups in total. The minimum Gasteiger partial charge on any atom is -0.335 e. The first-order valence-corrected chi connectivity index (χ1v) is 9.38. The summed E-state index contributed by atoms with van der Waals surface area (Å²) in [6.45, 7) is 3.75. The molecule has 0 unspecified atom stereocenters. The molecule has 1 aliphatic heterocycles. The fraction of sp³-hybridized carbons (Fsp3) is 0.500. The second-order valence-electron chi connectivity index (χ2n) is 7.16. The number of carbonyl (C=O) groups is 1. The molecule has 1 aliphatic carbocycles. The van der Waals surface area contributed by atoms with Gasteiger partial charge in [0.1, 0.15) is 5.82 Å². The van der Waals surface area contributed by atoms with Crippen molar-refractivity contribution < 1.29 is 4.79 Å². The van der Waals surface area contributed by atoms with Gasteiger partial charge in [-0.1, -0.05) is 37.3 Å². The van der Waals surface area contributed by atoms with Crippen molar-refractivity contribution in [3.63, 3.8) is 0 Å². The standard InChI is InChI=1S/C20H26N4O/c1-2-19-21-10-12-24(19)16-9-6-11-23(14-16)20(25)22-18-13-17(18)15-7-4-3-5-8-15/h3-5,7-8,10,12,16-18H,2,6,9,11,13-14H2,1H3,(H,22,25)/t16-,17+,18-/m1/s1. The number of aromatic nitrogens is 2. The van der Waals surface area contributed by atoms with Crippen LogP contribution in [0.1, 0.15) is 49.5 Å². The van der Waals surface area contributed by atoms with Gasteiger partial charge in [-0.25, -0.2) is 9.78 Å². The second kappa shape index (κ2) is 6.90. The molecule has 1 aromatic carbocycles. The van der Waals surface area contributed by atoms with E-state index in [1.807, 2.05) is 17.2 Å². The van der Waals surface area contributed by atoms with Crippen molar-refractivity contribution in [1.82, 2.24) is 19.8 Å². The molecule has 4 rings (SSSR count). The van der Waals surface area contributed by atoms with Gasteiger partial charge < -0.3 is 14.8 Å². The van der Waals surface area contributed by atoms with E-state index in [0.29, 0.717) is 12.0 Å². The van der Waals surface area contributed by atoms with Crippen molar-refractivity contribution in [2.45, 2.75) is 50.6 Å². The van der Waals surface area contributed by atoms with E-state index in [-0.39, 0.29) is 12.1 Å². The Morgan fingerprint density at radius 2 is 2.16 bits per heavy atom. The van der Waals surface area contributed by atoms with E-state index in [1.54, 1.807) is 0 Å². The van der Waals surface area contributed by atoms with Crippen molar-refractivity contribution in [2.24, 2.45) is 0 Å². The summed E-state index contributed by atoms with van der Waals surface area (Å²) in [5, 5.41) is 3.23. The molecule has 5 nitrogen and oxygen atoms in total. The second-order valence-corrected chi connectivity index (χ2v) is 7.16. The first-order valence-electron chi connectivity index (χ1n) is 9.38. The van der Waals surface area contributed by atoms with E-state index in [0.717, 1.165) is 44.6 Å². The Morgan fingerprint density at radius 3 is 2.96 bits per heavy atom. The van der Waals surface area contributed by atoms with E-state index in [2.05, 4.69) is 52.3 Å².